The van der Waals surface area contributed by atoms with Crippen LogP contribution in [0.1, 0.15) is 36.2 Å². The molecule has 4 N–H and O–H groups in total. The molecular weight excluding hydrogens is 248 g/mol. The molecule has 1 saturated carbocycles. The molecule has 0 aromatic carbocycles. The lowest BCUT2D eigenvalue weighted by atomic mass is 9.98. The monoisotopic (exact) mass is 266 g/mol. The number of aliphatic hydroxyl groups is 1. The molecule has 1 heterocycles. The van der Waals surface area contributed by atoms with Crippen LogP contribution in [-0.2, 0) is 0 Å². The first-order chi connectivity index (χ1) is 9.10. The minimum absolute atomic E-state index is 0.00134. The number of aliphatic hydroxyl groups excluding tert-OH is 1. The third-order valence-electron chi connectivity index (χ3n) is 3.56. The minimum atomic E-state index is -0.536. The van der Waals surface area contributed by atoms with Gasteiger partial charge in [-0.1, -0.05) is 12.8 Å². The molecule has 1 unspecified atom stereocenters. The molecule has 104 valence electrons. The second-order valence-electron chi connectivity index (χ2n) is 4.92. The van der Waals surface area contributed by atoms with Crippen molar-refractivity contribution in [2.24, 2.45) is 5.92 Å². The fraction of sp³-hybridized carbons (Fsp3) is 0.538. The van der Waals surface area contributed by atoms with Crippen molar-refractivity contribution in [2.45, 2.75) is 31.7 Å². The topological polar surface area (TPSA) is 102 Å². The smallest absolute Gasteiger partial charge is 0.268 e. The summed E-state index contributed by atoms with van der Waals surface area (Å²) >= 11 is 0. The molecular formula is C13H18N2O4. The Balaban J connectivity index is 2.08. The maximum atomic E-state index is 12.0. The van der Waals surface area contributed by atoms with Crippen LogP contribution in [0.15, 0.2) is 16.9 Å². The van der Waals surface area contributed by atoms with Gasteiger partial charge in [-0.05, 0) is 18.8 Å². The number of carbonyl (C=O) groups excluding carboxylic acids is 1. The van der Waals surface area contributed by atoms with E-state index in [-0.39, 0.29) is 30.0 Å². The molecule has 0 aliphatic heterocycles. The Morgan fingerprint density at radius 2 is 2.11 bits per heavy atom. The van der Waals surface area contributed by atoms with Crippen molar-refractivity contribution in [1.82, 2.24) is 10.3 Å². The number of aromatic hydroxyl groups is 1. The van der Waals surface area contributed by atoms with Crippen LogP contribution in [0.25, 0.3) is 0 Å². The van der Waals surface area contributed by atoms with Gasteiger partial charge in [0.05, 0.1) is 12.6 Å². The van der Waals surface area contributed by atoms with E-state index < -0.39 is 11.5 Å². The lowest BCUT2D eigenvalue weighted by Gasteiger charge is -2.22. The number of pyridine rings is 1. The highest BCUT2D eigenvalue weighted by Gasteiger charge is 2.26. The second kappa shape index (κ2) is 5.88. The molecule has 6 heteroatoms. The van der Waals surface area contributed by atoms with E-state index in [9.17, 15) is 19.8 Å². The number of hydrogen-bond acceptors (Lipinski definition) is 4. The molecule has 1 aliphatic carbocycles. The Hall–Kier alpha value is -1.82. The molecule has 1 atom stereocenters. The van der Waals surface area contributed by atoms with Gasteiger partial charge in [-0.2, -0.15) is 0 Å². The summed E-state index contributed by atoms with van der Waals surface area (Å²) in [5.41, 5.74) is -0.534. The average Bonchev–Trinajstić information content (AvgIpc) is 2.88. The van der Waals surface area contributed by atoms with E-state index in [1.807, 2.05) is 0 Å². The Morgan fingerprint density at radius 3 is 2.68 bits per heavy atom. The maximum Gasteiger partial charge on any atom is 0.268 e. The van der Waals surface area contributed by atoms with Crippen LogP contribution in [0.5, 0.6) is 5.75 Å². The second-order valence-corrected chi connectivity index (χ2v) is 4.92. The molecule has 19 heavy (non-hydrogen) atoms. The van der Waals surface area contributed by atoms with Crippen molar-refractivity contribution in [3.8, 4) is 5.75 Å². The molecule has 0 bridgehead atoms. The molecule has 0 spiro atoms. The number of carbonyl (C=O) groups is 1. The van der Waals surface area contributed by atoms with Crippen molar-refractivity contribution < 1.29 is 15.0 Å². The highest BCUT2D eigenvalue weighted by atomic mass is 16.3. The fourth-order valence-electron chi connectivity index (χ4n) is 2.57. The molecule has 1 aromatic rings. The number of aromatic amines is 1. The molecule has 0 saturated heterocycles. The largest absolute Gasteiger partial charge is 0.508 e. The molecule has 1 aromatic heterocycles. The molecule has 1 amide bonds. The number of aromatic nitrogens is 1. The molecule has 1 fully saturated rings. The highest BCUT2D eigenvalue weighted by Crippen LogP contribution is 2.27. The van der Waals surface area contributed by atoms with Gasteiger partial charge in [-0.3, -0.25) is 9.59 Å². The van der Waals surface area contributed by atoms with E-state index in [2.05, 4.69) is 10.3 Å². The Labute approximate surface area is 110 Å². The average molecular weight is 266 g/mol. The Morgan fingerprint density at radius 1 is 1.42 bits per heavy atom. The maximum absolute atomic E-state index is 12.0. The number of amides is 1. The van der Waals surface area contributed by atoms with Gasteiger partial charge in [0.15, 0.2) is 0 Å². The number of nitrogens with one attached hydrogen (secondary N) is 2. The third-order valence-corrected chi connectivity index (χ3v) is 3.56. The zero-order chi connectivity index (χ0) is 13.8. The van der Waals surface area contributed by atoms with Gasteiger partial charge < -0.3 is 20.5 Å². The van der Waals surface area contributed by atoms with Crippen LogP contribution in [0.3, 0.4) is 0 Å². The van der Waals surface area contributed by atoms with E-state index >= 15 is 0 Å². The molecule has 6 nitrogen and oxygen atoms in total. The zero-order valence-corrected chi connectivity index (χ0v) is 10.6. The SMILES string of the molecule is O=C(NC(CO)C1CCCC1)c1cc(O)cc(=O)[nH]1. The first kappa shape index (κ1) is 13.6. The standard InChI is InChI=1S/C13H18N2O4/c16-7-11(8-3-1-2-4-8)15-13(19)10-5-9(17)6-12(18)14-10/h5-6,8,11,16H,1-4,7H2,(H,15,19)(H2,14,17,18). The quantitative estimate of drug-likeness (QED) is 0.632. The number of H-pyrrole nitrogens is 1. The summed E-state index contributed by atoms with van der Waals surface area (Å²) in [4.78, 5) is 25.5. The Kier molecular flexibility index (Phi) is 4.21. The van der Waals surface area contributed by atoms with Gasteiger partial charge >= 0.3 is 0 Å². The summed E-state index contributed by atoms with van der Waals surface area (Å²) in [6.45, 7) is -0.126. The van der Waals surface area contributed by atoms with Crippen molar-refractivity contribution in [3.05, 3.63) is 28.2 Å². The first-order valence-electron chi connectivity index (χ1n) is 6.45. The molecule has 1 aliphatic rings. The summed E-state index contributed by atoms with van der Waals surface area (Å²) in [5.74, 6) is -0.466. The predicted octanol–water partition coefficient (Wildman–Crippen LogP) is 0.361. The summed E-state index contributed by atoms with van der Waals surface area (Å²) < 4.78 is 0. The lowest BCUT2D eigenvalue weighted by molar-refractivity contribution is 0.0883. The number of hydrogen-bond donors (Lipinski definition) is 4. The predicted molar refractivity (Wildman–Crippen MR) is 69.0 cm³/mol. The molecule has 2 rings (SSSR count). The summed E-state index contributed by atoms with van der Waals surface area (Å²) in [6.07, 6.45) is 4.20. The van der Waals surface area contributed by atoms with E-state index in [0.29, 0.717) is 0 Å². The van der Waals surface area contributed by atoms with Gasteiger partial charge in [0, 0.05) is 12.1 Å². The van der Waals surface area contributed by atoms with Crippen LogP contribution >= 0.6 is 0 Å². The first-order valence-corrected chi connectivity index (χ1v) is 6.45. The van der Waals surface area contributed by atoms with Crippen LogP contribution in [0, 0.1) is 5.92 Å². The van der Waals surface area contributed by atoms with Crippen LogP contribution in [0.2, 0.25) is 0 Å². The van der Waals surface area contributed by atoms with Crippen LogP contribution in [-0.4, -0.2) is 33.8 Å². The van der Waals surface area contributed by atoms with Gasteiger partial charge in [0.25, 0.3) is 11.5 Å². The van der Waals surface area contributed by atoms with Crippen molar-refractivity contribution in [2.75, 3.05) is 6.61 Å². The summed E-state index contributed by atoms with van der Waals surface area (Å²) in [5, 5.41) is 21.4. The normalized spacial score (nSPS) is 17.3. The fourth-order valence-corrected chi connectivity index (χ4v) is 2.57. The van der Waals surface area contributed by atoms with Crippen molar-refractivity contribution >= 4 is 5.91 Å². The van der Waals surface area contributed by atoms with E-state index in [4.69, 9.17) is 0 Å². The van der Waals surface area contributed by atoms with Crippen LogP contribution in [0.4, 0.5) is 0 Å². The molecule has 0 radical (unpaired) electrons. The van der Waals surface area contributed by atoms with Gasteiger partial charge in [-0.15, -0.1) is 0 Å². The summed E-state index contributed by atoms with van der Waals surface area (Å²) in [7, 11) is 0. The van der Waals surface area contributed by atoms with E-state index in [0.717, 1.165) is 31.7 Å². The van der Waals surface area contributed by atoms with E-state index in [1.54, 1.807) is 0 Å². The summed E-state index contributed by atoms with van der Waals surface area (Å²) in [6, 6.07) is 1.89. The van der Waals surface area contributed by atoms with Gasteiger partial charge in [0.2, 0.25) is 0 Å². The van der Waals surface area contributed by atoms with Crippen molar-refractivity contribution in [3.63, 3.8) is 0 Å². The minimum Gasteiger partial charge on any atom is -0.508 e. The number of rotatable bonds is 4. The Bertz CT molecular complexity index is 506. The third kappa shape index (κ3) is 3.35. The zero-order valence-electron chi connectivity index (χ0n) is 10.6. The van der Waals surface area contributed by atoms with E-state index in [1.165, 1.54) is 6.07 Å². The lowest BCUT2D eigenvalue weighted by Crippen LogP contribution is -2.42. The van der Waals surface area contributed by atoms with Crippen molar-refractivity contribution in [1.29, 1.82) is 0 Å². The van der Waals surface area contributed by atoms with Crippen LogP contribution < -0.4 is 10.9 Å². The van der Waals surface area contributed by atoms with Gasteiger partial charge in [0.1, 0.15) is 11.4 Å². The highest BCUT2D eigenvalue weighted by molar-refractivity contribution is 5.92. The van der Waals surface area contributed by atoms with Gasteiger partial charge in [-0.25, -0.2) is 0 Å².